The number of carbonyl (C=O) groups excluding carboxylic acids is 2. The van der Waals surface area contributed by atoms with Gasteiger partial charge in [0.2, 0.25) is 25.1 Å². The monoisotopic (exact) mass is 580 g/mol. The average molecular weight is 581 g/mol. The smallest absolute Gasteiger partial charge is 0.333 e. The first kappa shape index (κ1) is 29.2. The number of rotatable bonds is 6. The van der Waals surface area contributed by atoms with E-state index < -0.39 is 24.1 Å². The van der Waals surface area contributed by atoms with Gasteiger partial charge in [0.05, 0.1) is 14.2 Å². The molecule has 0 unspecified atom stereocenters. The predicted molar refractivity (Wildman–Crippen MR) is 152 cm³/mol. The Kier molecular flexibility index (Phi) is 7.99. The molecule has 5 rings (SSSR count). The van der Waals surface area contributed by atoms with Crippen molar-refractivity contribution >= 4 is 11.9 Å². The van der Waals surface area contributed by atoms with E-state index in [1.54, 1.807) is 39.8 Å². The van der Waals surface area contributed by atoms with Crippen molar-refractivity contribution in [3.8, 4) is 45.6 Å². The van der Waals surface area contributed by atoms with Gasteiger partial charge in [-0.3, -0.25) is 0 Å². The molecule has 2 heterocycles. The minimum Gasteiger partial charge on any atom is -0.492 e. The summed E-state index contributed by atoms with van der Waals surface area (Å²) in [7, 11) is 3.05. The molecular formula is C32H36O10. The lowest BCUT2D eigenvalue weighted by Gasteiger charge is -2.38. The highest BCUT2D eigenvalue weighted by Gasteiger charge is 2.45. The molecule has 42 heavy (non-hydrogen) atoms. The summed E-state index contributed by atoms with van der Waals surface area (Å²) >= 11 is 0. The second-order valence-corrected chi connectivity index (χ2v) is 10.5. The van der Waals surface area contributed by atoms with Crippen molar-refractivity contribution in [3.05, 3.63) is 46.6 Å². The third kappa shape index (κ3) is 4.68. The Labute approximate surface area is 245 Å². The molecule has 4 atom stereocenters. The fraction of sp³-hybridized carbons (Fsp3) is 0.438. The maximum absolute atomic E-state index is 13.3. The zero-order valence-corrected chi connectivity index (χ0v) is 25.1. The first-order chi connectivity index (χ1) is 20.2. The van der Waals surface area contributed by atoms with Crippen LogP contribution in [0.2, 0.25) is 0 Å². The van der Waals surface area contributed by atoms with Gasteiger partial charge >= 0.3 is 11.9 Å². The predicted octanol–water partition coefficient (Wildman–Crippen LogP) is 6.22. The molecule has 0 spiro atoms. The zero-order valence-electron chi connectivity index (χ0n) is 25.1. The number of hydrogen-bond acceptors (Lipinski definition) is 10. The molecule has 0 N–H and O–H groups in total. The number of ether oxygens (including phenoxy) is 8. The summed E-state index contributed by atoms with van der Waals surface area (Å²) < 4.78 is 47.7. The lowest BCUT2D eigenvalue weighted by molar-refractivity contribution is -0.156. The minimum absolute atomic E-state index is 0.00330. The Morgan fingerprint density at radius 2 is 1.10 bits per heavy atom. The van der Waals surface area contributed by atoms with E-state index in [0.717, 1.165) is 0 Å². The molecule has 0 saturated heterocycles. The topological polar surface area (TPSA) is 108 Å². The molecule has 2 aliphatic heterocycles. The van der Waals surface area contributed by atoms with Crippen molar-refractivity contribution in [2.45, 2.75) is 53.8 Å². The molecule has 10 nitrogen and oxygen atoms in total. The SMILES string of the molecule is C/C=C(/C)C(=O)O[C@H]1c2cc3c(c(OC)c2-c2c(cc4c(c2OC)OCO4)[C@H](OC(=O)/C(C)=C\C)[C@@H](C)[C@H]1C)OCO3. The van der Waals surface area contributed by atoms with Crippen LogP contribution in [0.25, 0.3) is 11.1 Å². The number of methoxy groups -OCH3 is 2. The molecule has 0 amide bonds. The quantitative estimate of drug-likeness (QED) is 0.289. The maximum atomic E-state index is 13.3. The van der Waals surface area contributed by atoms with E-state index in [4.69, 9.17) is 37.9 Å². The molecular weight excluding hydrogens is 544 g/mol. The molecule has 2 aromatic rings. The summed E-state index contributed by atoms with van der Waals surface area (Å²) in [6.07, 6.45) is 1.80. The fourth-order valence-corrected chi connectivity index (χ4v) is 5.53. The van der Waals surface area contributed by atoms with Crippen LogP contribution in [0.1, 0.15) is 64.9 Å². The van der Waals surface area contributed by atoms with Gasteiger partial charge in [0, 0.05) is 45.2 Å². The Balaban J connectivity index is 1.89. The van der Waals surface area contributed by atoms with Gasteiger partial charge in [-0.1, -0.05) is 26.0 Å². The number of fused-ring (bicyclic) bond motifs is 5. The second-order valence-electron chi connectivity index (χ2n) is 10.5. The second kappa shape index (κ2) is 11.5. The van der Waals surface area contributed by atoms with Gasteiger partial charge in [0.15, 0.2) is 23.0 Å². The van der Waals surface area contributed by atoms with E-state index in [9.17, 15) is 9.59 Å². The lowest BCUT2D eigenvalue weighted by Crippen LogP contribution is -2.31. The number of hydrogen-bond donors (Lipinski definition) is 0. The van der Waals surface area contributed by atoms with Crippen LogP contribution in [0.4, 0.5) is 0 Å². The average Bonchev–Trinajstić information content (AvgIpc) is 3.68. The molecule has 0 fully saturated rings. The molecule has 2 aromatic carbocycles. The Hall–Kier alpha value is -4.34. The highest BCUT2D eigenvalue weighted by Crippen LogP contribution is 2.61. The summed E-state index contributed by atoms with van der Waals surface area (Å²) in [5, 5.41) is 0. The largest absolute Gasteiger partial charge is 0.492 e. The van der Waals surface area contributed by atoms with E-state index in [1.807, 2.05) is 26.0 Å². The van der Waals surface area contributed by atoms with Crippen LogP contribution in [-0.2, 0) is 19.1 Å². The minimum atomic E-state index is -0.798. The van der Waals surface area contributed by atoms with Crippen LogP contribution in [0.3, 0.4) is 0 Å². The van der Waals surface area contributed by atoms with Crippen LogP contribution >= 0.6 is 0 Å². The zero-order chi connectivity index (χ0) is 30.3. The third-order valence-corrected chi connectivity index (χ3v) is 8.33. The lowest BCUT2D eigenvalue weighted by atomic mass is 9.74. The Bertz CT molecular complexity index is 1380. The van der Waals surface area contributed by atoms with Gasteiger partial charge in [-0.15, -0.1) is 0 Å². The van der Waals surface area contributed by atoms with Gasteiger partial charge in [-0.05, 0) is 39.8 Å². The van der Waals surface area contributed by atoms with Crippen molar-refractivity contribution in [3.63, 3.8) is 0 Å². The van der Waals surface area contributed by atoms with Crippen LogP contribution in [0.15, 0.2) is 35.4 Å². The molecule has 0 radical (unpaired) electrons. The summed E-state index contributed by atoms with van der Waals surface area (Å²) in [4.78, 5) is 26.5. The van der Waals surface area contributed by atoms with E-state index in [0.29, 0.717) is 67.9 Å². The summed E-state index contributed by atoms with van der Waals surface area (Å²) in [6, 6.07) is 3.63. The van der Waals surface area contributed by atoms with E-state index in [-0.39, 0.29) is 25.4 Å². The molecule has 10 heteroatoms. The molecule has 0 aromatic heterocycles. The first-order valence-electron chi connectivity index (χ1n) is 13.9. The third-order valence-electron chi connectivity index (χ3n) is 8.33. The number of benzene rings is 2. The van der Waals surface area contributed by atoms with Gasteiger partial charge in [-0.2, -0.15) is 0 Å². The van der Waals surface area contributed by atoms with Crippen molar-refractivity contribution in [2.24, 2.45) is 11.8 Å². The van der Waals surface area contributed by atoms with Gasteiger partial charge in [-0.25, -0.2) is 9.59 Å². The Morgan fingerprint density at radius 3 is 1.43 bits per heavy atom. The highest BCUT2D eigenvalue weighted by atomic mass is 16.7. The van der Waals surface area contributed by atoms with Crippen molar-refractivity contribution < 1.29 is 47.5 Å². The number of carbonyl (C=O) groups is 2. The van der Waals surface area contributed by atoms with Gasteiger partial charge in [0.1, 0.15) is 12.2 Å². The van der Waals surface area contributed by atoms with Crippen molar-refractivity contribution in [1.29, 1.82) is 0 Å². The molecule has 0 bridgehead atoms. The molecule has 224 valence electrons. The van der Waals surface area contributed by atoms with E-state index in [1.165, 1.54) is 14.2 Å². The van der Waals surface area contributed by atoms with E-state index in [2.05, 4.69) is 0 Å². The highest BCUT2D eigenvalue weighted by molar-refractivity contribution is 5.92. The summed E-state index contributed by atoms with van der Waals surface area (Å²) in [6.45, 7) is 10.9. The van der Waals surface area contributed by atoms with Crippen LogP contribution in [0, 0.1) is 11.8 Å². The molecule has 1 aliphatic carbocycles. The summed E-state index contributed by atoms with van der Waals surface area (Å²) in [5.74, 6) is 0.795. The summed E-state index contributed by atoms with van der Waals surface area (Å²) in [5.41, 5.74) is 3.26. The van der Waals surface area contributed by atoms with E-state index >= 15 is 0 Å². The fourth-order valence-electron chi connectivity index (χ4n) is 5.53. The van der Waals surface area contributed by atoms with Crippen LogP contribution in [-0.4, -0.2) is 39.7 Å². The standard InChI is InChI=1S/C32H36O10/c1-9-15(3)31(33)41-25-17(5)18(6)26(42-32(34)16(4)10-2)20-12-22-28(40-14-38-22)30(36-8)24(20)23-19(25)11-21-27(29(23)35-7)39-13-37-21/h9-12,17-18,25-26H,13-14H2,1-8H3/b15-9-,16-10-/t17-,18+,25-,26-/m1/s1. The molecule has 3 aliphatic rings. The first-order valence-corrected chi connectivity index (χ1v) is 13.9. The van der Waals surface area contributed by atoms with Crippen LogP contribution in [0.5, 0.6) is 34.5 Å². The maximum Gasteiger partial charge on any atom is 0.333 e. The molecule has 0 saturated carbocycles. The van der Waals surface area contributed by atoms with Crippen molar-refractivity contribution in [2.75, 3.05) is 27.8 Å². The van der Waals surface area contributed by atoms with Crippen LogP contribution < -0.4 is 28.4 Å². The number of esters is 2. The van der Waals surface area contributed by atoms with Crippen molar-refractivity contribution in [1.82, 2.24) is 0 Å². The van der Waals surface area contributed by atoms with Gasteiger partial charge in [0.25, 0.3) is 0 Å². The number of allylic oxidation sites excluding steroid dienone is 2. The Morgan fingerprint density at radius 1 is 0.714 bits per heavy atom. The normalized spacial score (nSPS) is 22.4. The van der Waals surface area contributed by atoms with Gasteiger partial charge < -0.3 is 37.9 Å².